The molecule has 0 saturated carbocycles. The van der Waals surface area contributed by atoms with Crippen molar-refractivity contribution in [2.45, 2.75) is 17.6 Å². The molecule has 7 nitrogen and oxygen atoms in total. The van der Waals surface area contributed by atoms with Crippen LogP contribution in [0.1, 0.15) is 11.3 Å². The summed E-state index contributed by atoms with van der Waals surface area (Å²) in [6.45, 7) is 1.61. The van der Waals surface area contributed by atoms with E-state index in [0.717, 1.165) is 33.8 Å². The Labute approximate surface area is 180 Å². The van der Waals surface area contributed by atoms with Crippen molar-refractivity contribution in [2.24, 2.45) is 0 Å². The summed E-state index contributed by atoms with van der Waals surface area (Å²) in [6.07, 6.45) is 0.176. The predicted octanol–water partition coefficient (Wildman–Crippen LogP) is 3.24. The van der Waals surface area contributed by atoms with Crippen LogP contribution in [0.2, 0.25) is 0 Å². The fourth-order valence-corrected chi connectivity index (χ4v) is 5.25. The quantitative estimate of drug-likeness (QED) is 0.603. The Balaban J connectivity index is 1.76. The monoisotopic (exact) mass is 445 g/mol. The van der Waals surface area contributed by atoms with E-state index in [4.69, 9.17) is 4.74 Å². The second-order valence-corrected chi connectivity index (χ2v) is 9.66. The Morgan fingerprint density at radius 3 is 2.47 bits per heavy atom. The normalized spacial score (nSPS) is 11.3. The molecule has 0 aliphatic rings. The average molecular weight is 446 g/mol. The molecule has 0 saturated heterocycles. The van der Waals surface area contributed by atoms with Gasteiger partial charge >= 0.3 is 0 Å². The van der Waals surface area contributed by atoms with Gasteiger partial charge in [-0.25, -0.2) is 18.1 Å². The van der Waals surface area contributed by atoms with Crippen molar-refractivity contribution in [3.05, 3.63) is 59.8 Å². The molecular weight excluding hydrogens is 422 g/mol. The number of thiazole rings is 1. The van der Waals surface area contributed by atoms with Gasteiger partial charge in [-0.15, -0.1) is 0 Å². The summed E-state index contributed by atoms with van der Waals surface area (Å²) in [5, 5.41) is 0.344. The van der Waals surface area contributed by atoms with E-state index in [0.29, 0.717) is 10.8 Å². The lowest BCUT2D eigenvalue weighted by Crippen LogP contribution is -2.27. The van der Waals surface area contributed by atoms with Crippen LogP contribution < -0.4 is 14.4 Å². The van der Waals surface area contributed by atoms with Crippen molar-refractivity contribution < 1.29 is 17.9 Å². The van der Waals surface area contributed by atoms with E-state index in [9.17, 15) is 13.2 Å². The number of carbonyl (C=O) groups excluding carboxylic acids is 1. The van der Waals surface area contributed by atoms with Gasteiger partial charge in [0, 0.05) is 12.6 Å². The van der Waals surface area contributed by atoms with Crippen LogP contribution >= 0.6 is 11.3 Å². The minimum atomic E-state index is -3.61. The van der Waals surface area contributed by atoms with E-state index in [1.165, 1.54) is 11.9 Å². The van der Waals surface area contributed by atoms with E-state index in [2.05, 4.69) is 9.71 Å². The molecule has 0 spiro atoms. The van der Waals surface area contributed by atoms with Crippen LogP contribution in [-0.4, -0.2) is 40.5 Å². The second kappa shape index (κ2) is 8.95. The molecule has 0 unspecified atom stereocenters. The highest BCUT2D eigenvalue weighted by Crippen LogP contribution is 2.31. The zero-order valence-electron chi connectivity index (χ0n) is 17.2. The lowest BCUT2D eigenvalue weighted by atomic mass is 10.0. The van der Waals surface area contributed by atoms with Crippen LogP contribution in [0.3, 0.4) is 0 Å². The Bertz CT molecular complexity index is 1160. The molecule has 3 rings (SSSR count). The van der Waals surface area contributed by atoms with Gasteiger partial charge in [0.1, 0.15) is 5.75 Å². The number of para-hydroxylation sites is 1. The van der Waals surface area contributed by atoms with Gasteiger partial charge in [-0.05, 0) is 31.2 Å². The highest BCUT2D eigenvalue weighted by Gasteiger charge is 2.23. The number of nitrogens with one attached hydrogen (secondary N) is 1. The molecule has 0 aliphatic heterocycles. The second-order valence-electron chi connectivity index (χ2n) is 6.60. The fraction of sp³-hybridized carbons (Fsp3) is 0.238. The number of likely N-dealkylation sites (N-methyl/N-ethyl adjacent to an activating group) is 1. The molecule has 0 aliphatic carbocycles. The van der Waals surface area contributed by atoms with Crippen molar-refractivity contribution >= 4 is 32.4 Å². The van der Waals surface area contributed by atoms with Gasteiger partial charge < -0.3 is 4.74 Å². The van der Waals surface area contributed by atoms with Gasteiger partial charge in [0.25, 0.3) is 10.0 Å². The van der Waals surface area contributed by atoms with Crippen LogP contribution in [0, 0.1) is 6.92 Å². The summed E-state index contributed by atoms with van der Waals surface area (Å²) in [4.78, 5) is 18.4. The molecule has 0 atom stereocenters. The maximum Gasteiger partial charge on any atom is 0.251 e. The van der Waals surface area contributed by atoms with Gasteiger partial charge in [-0.1, -0.05) is 53.8 Å². The maximum atomic E-state index is 12.7. The highest BCUT2D eigenvalue weighted by atomic mass is 32.2. The van der Waals surface area contributed by atoms with Gasteiger partial charge in [0.05, 0.1) is 19.2 Å². The SMILES string of the molecule is CNS(=O)(=O)c1sc(N(C)C(=O)Cc2ccc(-c3ccccc3OC)cc2)nc1C. The maximum absolute atomic E-state index is 12.7. The van der Waals surface area contributed by atoms with Gasteiger partial charge in [0.2, 0.25) is 5.91 Å². The molecule has 0 fully saturated rings. The zero-order valence-corrected chi connectivity index (χ0v) is 18.8. The van der Waals surface area contributed by atoms with Gasteiger partial charge in [0.15, 0.2) is 9.34 Å². The number of nitrogens with zero attached hydrogens (tertiary/aromatic N) is 2. The molecular formula is C21H23N3O4S2. The van der Waals surface area contributed by atoms with Crippen LogP contribution in [0.15, 0.2) is 52.7 Å². The molecule has 30 heavy (non-hydrogen) atoms. The Morgan fingerprint density at radius 2 is 1.83 bits per heavy atom. The van der Waals surface area contributed by atoms with Crippen molar-refractivity contribution in [3.8, 4) is 16.9 Å². The summed E-state index contributed by atoms with van der Waals surface area (Å²) in [5.74, 6) is 0.606. The first kappa shape index (κ1) is 21.9. The zero-order chi connectivity index (χ0) is 21.9. The molecule has 0 radical (unpaired) electrons. The third-order valence-electron chi connectivity index (χ3n) is 4.64. The van der Waals surface area contributed by atoms with E-state index < -0.39 is 10.0 Å². The lowest BCUT2D eigenvalue weighted by molar-refractivity contribution is -0.117. The number of carbonyl (C=O) groups is 1. The van der Waals surface area contributed by atoms with Gasteiger partial charge in [-0.2, -0.15) is 0 Å². The van der Waals surface area contributed by atoms with Crippen molar-refractivity contribution in [1.82, 2.24) is 9.71 Å². The topological polar surface area (TPSA) is 88.6 Å². The third kappa shape index (κ3) is 4.53. The van der Waals surface area contributed by atoms with E-state index in [1.807, 2.05) is 48.5 Å². The van der Waals surface area contributed by atoms with Crippen LogP contribution in [-0.2, 0) is 21.2 Å². The summed E-state index contributed by atoms with van der Waals surface area (Å²) in [5.41, 5.74) is 3.19. The largest absolute Gasteiger partial charge is 0.496 e. The first-order valence-corrected chi connectivity index (χ1v) is 11.5. The number of benzene rings is 2. The Hall–Kier alpha value is -2.75. The number of sulfonamides is 1. The highest BCUT2D eigenvalue weighted by molar-refractivity contribution is 7.91. The van der Waals surface area contributed by atoms with E-state index in [1.54, 1.807) is 21.1 Å². The number of anilines is 1. The summed E-state index contributed by atoms with van der Waals surface area (Å²) in [7, 11) is 0.971. The Morgan fingerprint density at radius 1 is 1.17 bits per heavy atom. The van der Waals surface area contributed by atoms with Crippen LogP contribution in [0.4, 0.5) is 5.13 Å². The summed E-state index contributed by atoms with van der Waals surface area (Å²) in [6, 6.07) is 15.4. The first-order chi connectivity index (χ1) is 14.3. The van der Waals surface area contributed by atoms with Crippen molar-refractivity contribution in [3.63, 3.8) is 0 Å². The van der Waals surface area contributed by atoms with Gasteiger partial charge in [-0.3, -0.25) is 9.69 Å². The first-order valence-electron chi connectivity index (χ1n) is 9.16. The molecule has 158 valence electrons. The standard InChI is InChI=1S/C21H23N3O4S2/c1-14-20(30(26,27)22-2)29-21(23-14)24(3)19(25)13-15-9-11-16(12-10-15)17-7-5-6-8-18(17)28-4/h5-12,22H,13H2,1-4H3. The van der Waals surface area contributed by atoms with Crippen LogP contribution in [0.25, 0.3) is 11.1 Å². The molecule has 2 aromatic carbocycles. The number of aromatic nitrogens is 1. The minimum absolute atomic E-state index is 0.112. The number of hydrogen-bond acceptors (Lipinski definition) is 6. The van der Waals surface area contributed by atoms with E-state index >= 15 is 0 Å². The van der Waals surface area contributed by atoms with Crippen molar-refractivity contribution in [2.75, 3.05) is 26.1 Å². The van der Waals surface area contributed by atoms with Crippen molar-refractivity contribution in [1.29, 1.82) is 0 Å². The number of hydrogen-bond donors (Lipinski definition) is 1. The average Bonchev–Trinajstić information content (AvgIpc) is 3.16. The summed E-state index contributed by atoms with van der Waals surface area (Å²) < 4.78 is 31.9. The van der Waals surface area contributed by atoms with Crippen LogP contribution in [0.5, 0.6) is 5.75 Å². The Kier molecular flexibility index (Phi) is 6.55. The number of ether oxygens (including phenoxy) is 1. The molecule has 1 aromatic heterocycles. The molecule has 1 heterocycles. The number of methoxy groups -OCH3 is 1. The summed E-state index contributed by atoms with van der Waals surface area (Å²) >= 11 is 0.971. The molecule has 1 N–H and O–H groups in total. The van der Waals surface area contributed by atoms with E-state index in [-0.39, 0.29) is 16.5 Å². The molecule has 3 aromatic rings. The molecule has 1 amide bonds. The fourth-order valence-electron chi connectivity index (χ4n) is 2.94. The lowest BCUT2D eigenvalue weighted by Gasteiger charge is -2.14. The minimum Gasteiger partial charge on any atom is -0.496 e. The number of amides is 1. The smallest absolute Gasteiger partial charge is 0.251 e. The number of rotatable bonds is 7. The predicted molar refractivity (Wildman–Crippen MR) is 119 cm³/mol. The number of aryl methyl sites for hydroxylation is 1. The third-order valence-corrected chi connectivity index (χ3v) is 7.90. The molecule has 0 bridgehead atoms. The molecule has 9 heteroatoms.